The second-order valence-corrected chi connectivity index (χ2v) is 30.6. The van der Waals surface area contributed by atoms with Crippen molar-refractivity contribution < 1.29 is 4.42 Å². The van der Waals surface area contributed by atoms with Crippen molar-refractivity contribution in [2.24, 2.45) is 0 Å². The van der Waals surface area contributed by atoms with Gasteiger partial charge in [-0.15, -0.1) is 0 Å². The minimum atomic E-state index is 0.625. The summed E-state index contributed by atoms with van der Waals surface area (Å²) in [6.07, 6.45) is 0. The average molecular weight is 1530 g/mol. The highest BCUT2D eigenvalue weighted by Crippen LogP contribution is 2.48. The van der Waals surface area contributed by atoms with Crippen LogP contribution in [-0.4, -0.2) is 47.8 Å². The molecule has 0 spiro atoms. The largest absolute Gasteiger partial charge is 0.455 e. The highest BCUT2D eigenvalue weighted by atomic mass is 16.3. The summed E-state index contributed by atoms with van der Waals surface area (Å²) in [7, 11) is 0. The number of para-hydroxylation sites is 7. The van der Waals surface area contributed by atoms with Crippen LogP contribution in [0.5, 0.6) is 0 Å². The SMILES string of the molecule is c1ccc(-c2cc(-c3ccc(-n4c5ccccc5c5cc6c(cc54)c4cc5c(cc4n6-c4ccccc4)c4ccccc4n5-c4ccccc4)cc3)nc(-c3ccccc3)n2)cc1.c1ccc(-c2nc(-c3ccccc3)nc(-c3ccc(-n4c5ccccc5c5c6oc7c(ccc8c7c7ccccc7n8-c7ccccc7)c6ccc54)cc3)n2)cc1. The molecule has 11 heteroatoms. The first-order valence-electron chi connectivity index (χ1n) is 40.5. The van der Waals surface area contributed by atoms with E-state index in [9.17, 15) is 0 Å². The van der Waals surface area contributed by atoms with Gasteiger partial charge in [0.1, 0.15) is 11.2 Å². The summed E-state index contributed by atoms with van der Waals surface area (Å²) in [5.41, 5.74) is 26.5. The number of hydrogen-bond donors (Lipinski definition) is 0. The van der Waals surface area contributed by atoms with Crippen LogP contribution in [0.1, 0.15) is 0 Å². The van der Waals surface area contributed by atoms with Gasteiger partial charge in [-0.3, -0.25) is 0 Å². The predicted molar refractivity (Wildman–Crippen MR) is 493 cm³/mol. The molecule has 17 aromatic carbocycles. The average Bonchev–Trinajstić information content (AvgIpc) is 1.55. The van der Waals surface area contributed by atoms with E-state index in [1.807, 2.05) is 84.9 Å². The lowest BCUT2D eigenvalue weighted by Crippen LogP contribution is -2.00. The Kier molecular flexibility index (Phi) is 15.7. The molecule has 0 amide bonds. The molecule has 560 valence electrons. The van der Waals surface area contributed by atoms with Crippen LogP contribution in [0.4, 0.5) is 0 Å². The summed E-state index contributed by atoms with van der Waals surface area (Å²) in [5.74, 6) is 2.62. The lowest BCUT2D eigenvalue weighted by Gasteiger charge is -2.12. The molecule has 0 N–H and O–H groups in total. The van der Waals surface area contributed by atoms with E-state index in [1.54, 1.807) is 0 Å². The van der Waals surface area contributed by atoms with Crippen molar-refractivity contribution >= 4 is 131 Å². The normalized spacial score (nSPS) is 11.8. The van der Waals surface area contributed by atoms with Crippen molar-refractivity contribution in [2.45, 2.75) is 0 Å². The second kappa shape index (κ2) is 27.7. The monoisotopic (exact) mass is 1530 g/mol. The molecule has 0 unspecified atom stereocenters. The lowest BCUT2D eigenvalue weighted by atomic mass is 10.1. The van der Waals surface area contributed by atoms with Gasteiger partial charge < -0.3 is 27.3 Å². The zero-order chi connectivity index (χ0) is 78.9. The first kappa shape index (κ1) is 68.1. The number of furan rings is 1. The molecule has 0 aliphatic carbocycles. The first-order chi connectivity index (χ1) is 59.5. The molecule has 25 aromatic rings. The van der Waals surface area contributed by atoms with Crippen molar-refractivity contribution in [1.29, 1.82) is 0 Å². The van der Waals surface area contributed by atoms with Gasteiger partial charge in [-0.1, -0.05) is 261 Å². The van der Waals surface area contributed by atoms with Gasteiger partial charge in [-0.2, -0.15) is 0 Å². The summed E-state index contributed by atoms with van der Waals surface area (Å²) in [6, 6.07) is 146. The predicted octanol–water partition coefficient (Wildman–Crippen LogP) is 27.7. The van der Waals surface area contributed by atoms with Gasteiger partial charge in [0.05, 0.1) is 77.3 Å². The Bertz CT molecular complexity index is 8230. The molecule has 0 aliphatic heterocycles. The third kappa shape index (κ3) is 11.0. The number of rotatable bonds is 11. The molecule has 0 radical (unpaired) electrons. The molecule has 8 heterocycles. The molecular formula is C109H68N10O. The highest BCUT2D eigenvalue weighted by molar-refractivity contribution is 6.29. The van der Waals surface area contributed by atoms with Gasteiger partial charge in [0, 0.05) is 116 Å². The van der Waals surface area contributed by atoms with Crippen molar-refractivity contribution in [3.63, 3.8) is 0 Å². The number of nitrogens with zero attached hydrogens (tertiary/aromatic N) is 10. The van der Waals surface area contributed by atoms with Crippen molar-refractivity contribution in [1.82, 2.24) is 47.8 Å². The van der Waals surface area contributed by atoms with Crippen LogP contribution in [-0.2, 0) is 0 Å². The number of hydrogen-bond acceptors (Lipinski definition) is 6. The Balaban J connectivity index is 0.000000137. The molecule has 0 fully saturated rings. The van der Waals surface area contributed by atoms with Gasteiger partial charge in [0.25, 0.3) is 0 Å². The van der Waals surface area contributed by atoms with E-state index >= 15 is 0 Å². The van der Waals surface area contributed by atoms with E-state index in [0.29, 0.717) is 23.3 Å². The first-order valence-corrected chi connectivity index (χ1v) is 40.5. The fourth-order valence-electron chi connectivity index (χ4n) is 18.4. The van der Waals surface area contributed by atoms with E-state index in [-0.39, 0.29) is 0 Å². The van der Waals surface area contributed by atoms with Gasteiger partial charge in [-0.25, -0.2) is 24.9 Å². The summed E-state index contributed by atoms with van der Waals surface area (Å²) < 4.78 is 19.1. The molecule has 0 aliphatic rings. The maximum absolute atomic E-state index is 7.12. The minimum Gasteiger partial charge on any atom is -0.455 e. The Morgan fingerprint density at radius 1 is 0.158 bits per heavy atom. The Morgan fingerprint density at radius 2 is 0.408 bits per heavy atom. The summed E-state index contributed by atoms with van der Waals surface area (Å²) in [4.78, 5) is 24.9. The maximum Gasteiger partial charge on any atom is 0.164 e. The van der Waals surface area contributed by atoms with Crippen molar-refractivity contribution in [3.05, 3.63) is 413 Å². The van der Waals surface area contributed by atoms with Crippen molar-refractivity contribution in [2.75, 3.05) is 0 Å². The Morgan fingerprint density at radius 3 is 0.775 bits per heavy atom. The van der Waals surface area contributed by atoms with Crippen LogP contribution in [0, 0.1) is 0 Å². The summed E-state index contributed by atoms with van der Waals surface area (Å²) in [5, 5.41) is 14.1. The molecule has 120 heavy (non-hydrogen) atoms. The quantitative estimate of drug-likeness (QED) is 0.128. The Hall–Kier alpha value is -16.4. The maximum atomic E-state index is 7.12. The smallest absolute Gasteiger partial charge is 0.164 e. The fraction of sp³-hybridized carbons (Fsp3) is 0. The number of fused-ring (bicyclic) bond motifs is 20. The van der Waals surface area contributed by atoms with Crippen LogP contribution >= 0.6 is 0 Å². The topological polar surface area (TPSA) is 102 Å². The highest BCUT2D eigenvalue weighted by Gasteiger charge is 2.26. The molecule has 0 saturated heterocycles. The molecule has 0 saturated carbocycles. The summed E-state index contributed by atoms with van der Waals surface area (Å²) >= 11 is 0. The van der Waals surface area contributed by atoms with Gasteiger partial charge in [-0.05, 0) is 152 Å². The molecule has 25 rings (SSSR count). The van der Waals surface area contributed by atoms with Crippen LogP contribution in [0.25, 0.3) is 227 Å². The van der Waals surface area contributed by atoms with Crippen LogP contribution in [0.3, 0.4) is 0 Å². The standard InChI is InChI=1S/C58H37N5.C51H31N5O/c1-5-17-38(18-6-1)50-37-51(60-58(59-50)40-19-7-2-8-20-40)39-29-31-43(32-30-39)62-53-28-16-14-26-45(53)47-34-57-49(36-55(47)62)48-35-54-46(33-56(48)63(57)42-23-11-4-12-24-42)44-25-13-15-27-52(44)61(54)41-21-9-3-10-22-41;1-4-14-32(15-5-1)49-52-50(33-16-6-2-7-17-33)54-51(53-49)34-24-26-36(27-25-34)56-42-23-13-11-21-40(42)46-44(56)31-29-38-37-28-30-43-45(47(37)57-48(38)46)39-20-10-12-22-41(39)55(43)35-18-8-3-9-19-35/h1-37H;1-31H. The molecule has 0 bridgehead atoms. The van der Waals surface area contributed by atoms with Gasteiger partial charge in [0.2, 0.25) is 0 Å². The van der Waals surface area contributed by atoms with E-state index in [2.05, 4.69) is 350 Å². The van der Waals surface area contributed by atoms with Gasteiger partial charge in [0.15, 0.2) is 23.3 Å². The van der Waals surface area contributed by atoms with Crippen LogP contribution in [0.2, 0.25) is 0 Å². The van der Waals surface area contributed by atoms with E-state index in [4.69, 9.17) is 29.3 Å². The summed E-state index contributed by atoms with van der Waals surface area (Å²) in [6.45, 7) is 0. The number of aromatic nitrogens is 10. The lowest BCUT2D eigenvalue weighted by molar-refractivity contribution is 0.677. The third-order valence-electron chi connectivity index (χ3n) is 23.8. The zero-order valence-electron chi connectivity index (χ0n) is 64.6. The molecule has 11 nitrogen and oxygen atoms in total. The minimum absolute atomic E-state index is 0.625. The zero-order valence-corrected chi connectivity index (χ0v) is 64.6. The van der Waals surface area contributed by atoms with E-state index < -0.39 is 0 Å². The van der Waals surface area contributed by atoms with E-state index in [1.165, 1.54) is 59.8 Å². The molecular weight excluding hydrogens is 1470 g/mol. The Labute approximate surface area is 687 Å². The van der Waals surface area contributed by atoms with Crippen LogP contribution in [0.15, 0.2) is 417 Å². The third-order valence-corrected chi connectivity index (χ3v) is 23.8. The van der Waals surface area contributed by atoms with Gasteiger partial charge >= 0.3 is 0 Å². The molecule has 0 atom stereocenters. The fourth-order valence-corrected chi connectivity index (χ4v) is 18.4. The number of benzene rings is 17. The van der Waals surface area contributed by atoms with Crippen LogP contribution < -0.4 is 0 Å². The van der Waals surface area contributed by atoms with E-state index in [0.717, 1.165) is 144 Å². The molecule has 8 aromatic heterocycles. The second-order valence-electron chi connectivity index (χ2n) is 30.6. The van der Waals surface area contributed by atoms with Crippen molar-refractivity contribution in [3.8, 4) is 96.5 Å².